The maximum atomic E-state index is 13.0. The number of amides is 1. The van der Waals surface area contributed by atoms with Crippen LogP contribution in [0.5, 0.6) is 11.5 Å². The maximum Gasteiger partial charge on any atom is 0.258 e. The molecule has 0 fully saturated rings. The summed E-state index contributed by atoms with van der Waals surface area (Å²) in [4.78, 5) is 14.9. The standard InChI is InChI=1S/C18H17NO3/c1-12-6-7-13-4-2-3-5-15(13)19(12)18(20)14-8-9-16-17(10-14)22-11-21-16/h2-5,8-10,12H,6-7,11H2,1H3. The molecule has 2 aliphatic rings. The SMILES string of the molecule is CC1CCc2ccccc2N1C(=O)c1ccc2c(c1)OCO2. The number of benzene rings is 2. The topological polar surface area (TPSA) is 38.8 Å². The van der Waals surface area contributed by atoms with E-state index in [1.807, 2.05) is 23.1 Å². The molecule has 22 heavy (non-hydrogen) atoms. The van der Waals surface area contributed by atoms with Crippen molar-refractivity contribution in [2.45, 2.75) is 25.8 Å². The first kappa shape index (κ1) is 13.2. The second-order valence-corrected chi connectivity index (χ2v) is 5.76. The van der Waals surface area contributed by atoms with E-state index >= 15 is 0 Å². The highest BCUT2D eigenvalue weighted by atomic mass is 16.7. The molecule has 2 aromatic carbocycles. The number of para-hydroxylation sites is 1. The van der Waals surface area contributed by atoms with Crippen molar-refractivity contribution in [3.05, 3.63) is 53.6 Å². The normalized spacial score (nSPS) is 19.0. The molecule has 2 aliphatic heterocycles. The maximum absolute atomic E-state index is 13.0. The summed E-state index contributed by atoms with van der Waals surface area (Å²) >= 11 is 0. The zero-order valence-corrected chi connectivity index (χ0v) is 12.4. The Morgan fingerprint density at radius 2 is 1.95 bits per heavy atom. The molecule has 0 bridgehead atoms. The first-order chi connectivity index (χ1) is 10.7. The summed E-state index contributed by atoms with van der Waals surface area (Å²) in [6, 6.07) is 13.7. The number of rotatable bonds is 1. The van der Waals surface area contributed by atoms with E-state index in [0.717, 1.165) is 18.5 Å². The number of aryl methyl sites for hydroxylation is 1. The van der Waals surface area contributed by atoms with Crippen LogP contribution < -0.4 is 14.4 Å². The number of carbonyl (C=O) groups excluding carboxylic acids is 1. The van der Waals surface area contributed by atoms with Crippen molar-refractivity contribution in [1.82, 2.24) is 0 Å². The lowest BCUT2D eigenvalue weighted by Gasteiger charge is -2.35. The average Bonchev–Trinajstić information content (AvgIpc) is 3.01. The van der Waals surface area contributed by atoms with Crippen LogP contribution in [-0.4, -0.2) is 18.7 Å². The van der Waals surface area contributed by atoms with Gasteiger partial charge < -0.3 is 14.4 Å². The van der Waals surface area contributed by atoms with Gasteiger partial charge in [-0.3, -0.25) is 4.79 Å². The average molecular weight is 295 g/mol. The summed E-state index contributed by atoms with van der Waals surface area (Å²) in [6.07, 6.45) is 2.00. The van der Waals surface area contributed by atoms with Crippen LogP contribution in [0.3, 0.4) is 0 Å². The molecule has 0 radical (unpaired) electrons. The van der Waals surface area contributed by atoms with Gasteiger partial charge in [0.1, 0.15) is 0 Å². The second-order valence-electron chi connectivity index (χ2n) is 5.76. The molecule has 0 N–H and O–H groups in total. The predicted molar refractivity (Wildman–Crippen MR) is 83.6 cm³/mol. The van der Waals surface area contributed by atoms with E-state index in [9.17, 15) is 4.79 Å². The summed E-state index contributed by atoms with van der Waals surface area (Å²) in [6.45, 7) is 2.32. The molecule has 0 aliphatic carbocycles. The van der Waals surface area contributed by atoms with Crippen LogP contribution in [0.2, 0.25) is 0 Å². The van der Waals surface area contributed by atoms with Gasteiger partial charge in [-0.05, 0) is 49.6 Å². The lowest BCUT2D eigenvalue weighted by molar-refractivity contribution is 0.0975. The summed E-state index contributed by atoms with van der Waals surface area (Å²) in [5, 5.41) is 0. The lowest BCUT2D eigenvalue weighted by atomic mass is 9.95. The quantitative estimate of drug-likeness (QED) is 0.809. The first-order valence-electron chi connectivity index (χ1n) is 7.55. The smallest absolute Gasteiger partial charge is 0.258 e. The van der Waals surface area contributed by atoms with E-state index in [0.29, 0.717) is 17.1 Å². The van der Waals surface area contributed by atoms with Crippen molar-refractivity contribution in [2.24, 2.45) is 0 Å². The molecule has 112 valence electrons. The van der Waals surface area contributed by atoms with Gasteiger partial charge in [-0.1, -0.05) is 18.2 Å². The van der Waals surface area contributed by atoms with Crippen LogP contribution in [0.1, 0.15) is 29.3 Å². The minimum Gasteiger partial charge on any atom is -0.454 e. The summed E-state index contributed by atoms with van der Waals surface area (Å²) in [7, 11) is 0. The van der Waals surface area contributed by atoms with Crippen molar-refractivity contribution < 1.29 is 14.3 Å². The van der Waals surface area contributed by atoms with Gasteiger partial charge in [0.2, 0.25) is 6.79 Å². The van der Waals surface area contributed by atoms with Gasteiger partial charge in [0, 0.05) is 17.3 Å². The number of nitrogens with zero attached hydrogens (tertiary/aromatic N) is 1. The Balaban J connectivity index is 1.73. The number of hydrogen-bond donors (Lipinski definition) is 0. The molecule has 0 saturated carbocycles. The highest BCUT2D eigenvalue weighted by molar-refractivity contribution is 6.07. The summed E-state index contributed by atoms with van der Waals surface area (Å²) in [5.74, 6) is 1.35. The Kier molecular flexibility index (Phi) is 3.03. The van der Waals surface area contributed by atoms with Gasteiger partial charge >= 0.3 is 0 Å². The van der Waals surface area contributed by atoms with E-state index in [1.165, 1.54) is 5.56 Å². The highest BCUT2D eigenvalue weighted by Crippen LogP contribution is 2.35. The van der Waals surface area contributed by atoms with Gasteiger partial charge in [0.05, 0.1) is 0 Å². The second kappa shape index (κ2) is 5.05. The van der Waals surface area contributed by atoms with E-state index in [-0.39, 0.29) is 18.7 Å². The van der Waals surface area contributed by atoms with E-state index in [4.69, 9.17) is 9.47 Å². The molecule has 1 amide bonds. The predicted octanol–water partition coefficient (Wildman–Crippen LogP) is 3.40. The third kappa shape index (κ3) is 2.03. The molecule has 2 aromatic rings. The van der Waals surface area contributed by atoms with Crippen LogP contribution >= 0.6 is 0 Å². The highest BCUT2D eigenvalue weighted by Gasteiger charge is 2.29. The first-order valence-corrected chi connectivity index (χ1v) is 7.55. The van der Waals surface area contributed by atoms with Crippen LogP contribution in [-0.2, 0) is 6.42 Å². The van der Waals surface area contributed by atoms with Crippen LogP contribution in [0.4, 0.5) is 5.69 Å². The molecule has 4 heteroatoms. The third-order valence-corrected chi connectivity index (χ3v) is 4.36. The molecular formula is C18H17NO3. The van der Waals surface area contributed by atoms with Crippen molar-refractivity contribution in [1.29, 1.82) is 0 Å². The van der Waals surface area contributed by atoms with E-state index in [1.54, 1.807) is 18.2 Å². The number of ether oxygens (including phenoxy) is 2. The summed E-state index contributed by atoms with van der Waals surface area (Å²) < 4.78 is 10.7. The fourth-order valence-corrected chi connectivity index (χ4v) is 3.17. The Morgan fingerprint density at radius 3 is 2.86 bits per heavy atom. The molecule has 2 heterocycles. The Morgan fingerprint density at radius 1 is 1.14 bits per heavy atom. The van der Waals surface area contributed by atoms with Gasteiger partial charge in [-0.2, -0.15) is 0 Å². The largest absolute Gasteiger partial charge is 0.454 e. The molecule has 1 atom stereocenters. The molecule has 1 unspecified atom stereocenters. The van der Waals surface area contributed by atoms with Crippen LogP contribution in [0.15, 0.2) is 42.5 Å². The lowest BCUT2D eigenvalue weighted by Crippen LogP contribution is -2.42. The van der Waals surface area contributed by atoms with Crippen molar-refractivity contribution in [2.75, 3.05) is 11.7 Å². The van der Waals surface area contributed by atoms with E-state index in [2.05, 4.69) is 13.0 Å². The van der Waals surface area contributed by atoms with Crippen molar-refractivity contribution in [3.8, 4) is 11.5 Å². The van der Waals surface area contributed by atoms with Gasteiger partial charge in [0.15, 0.2) is 11.5 Å². The third-order valence-electron chi connectivity index (χ3n) is 4.36. The molecule has 0 aromatic heterocycles. The number of fused-ring (bicyclic) bond motifs is 2. The van der Waals surface area contributed by atoms with Gasteiger partial charge in [-0.25, -0.2) is 0 Å². The zero-order valence-electron chi connectivity index (χ0n) is 12.4. The zero-order chi connectivity index (χ0) is 15.1. The van der Waals surface area contributed by atoms with Crippen molar-refractivity contribution in [3.63, 3.8) is 0 Å². The summed E-state index contributed by atoms with van der Waals surface area (Å²) in [5.41, 5.74) is 2.88. The molecule has 0 saturated heterocycles. The molecule has 4 nitrogen and oxygen atoms in total. The number of anilines is 1. The number of hydrogen-bond acceptors (Lipinski definition) is 3. The Bertz CT molecular complexity index is 741. The van der Waals surface area contributed by atoms with Gasteiger partial charge in [0.25, 0.3) is 5.91 Å². The van der Waals surface area contributed by atoms with Crippen molar-refractivity contribution >= 4 is 11.6 Å². The monoisotopic (exact) mass is 295 g/mol. The molecule has 0 spiro atoms. The minimum absolute atomic E-state index is 0.0120. The molecular weight excluding hydrogens is 278 g/mol. The fraction of sp³-hybridized carbons (Fsp3) is 0.278. The van der Waals surface area contributed by atoms with Crippen LogP contribution in [0, 0.1) is 0 Å². The van der Waals surface area contributed by atoms with Crippen LogP contribution in [0.25, 0.3) is 0 Å². The minimum atomic E-state index is 0.0120. The Labute approximate surface area is 129 Å². The van der Waals surface area contributed by atoms with E-state index < -0.39 is 0 Å². The number of carbonyl (C=O) groups is 1. The van der Waals surface area contributed by atoms with Gasteiger partial charge in [-0.15, -0.1) is 0 Å². The molecule has 4 rings (SSSR count). The fourth-order valence-electron chi connectivity index (χ4n) is 3.17. The Hall–Kier alpha value is -2.49.